The molecule has 0 radical (unpaired) electrons. The molecule has 0 atom stereocenters. The van der Waals surface area contributed by atoms with E-state index >= 15 is 0 Å². The Hall–Kier alpha value is -3.03. The summed E-state index contributed by atoms with van der Waals surface area (Å²) in [7, 11) is 0. The number of carbonyl (C=O) groups is 1. The molecule has 140 valence electrons. The van der Waals surface area contributed by atoms with Gasteiger partial charge in [0.1, 0.15) is 6.54 Å². The van der Waals surface area contributed by atoms with Crippen LogP contribution in [0.2, 0.25) is 0 Å². The molecule has 1 saturated carbocycles. The molecule has 1 aromatic carbocycles. The zero-order valence-electron chi connectivity index (χ0n) is 15.2. The maximum atomic E-state index is 12.7. The smallest absolute Gasteiger partial charge is 0.275 e. The lowest BCUT2D eigenvalue weighted by atomic mass is 9.85. The third-order valence-electron chi connectivity index (χ3n) is 5.05. The Morgan fingerprint density at radius 1 is 1.33 bits per heavy atom. The van der Waals surface area contributed by atoms with Crippen LogP contribution in [0, 0.1) is 0 Å². The normalized spacial score (nSPS) is 14.3. The molecule has 3 aromatic rings. The van der Waals surface area contributed by atoms with Crippen molar-refractivity contribution in [2.75, 3.05) is 6.54 Å². The molecule has 2 aromatic heterocycles. The van der Waals surface area contributed by atoms with Crippen LogP contribution in [0.25, 0.3) is 10.8 Å². The first-order valence-corrected chi connectivity index (χ1v) is 9.21. The summed E-state index contributed by atoms with van der Waals surface area (Å²) >= 11 is 0. The second kappa shape index (κ2) is 7.30. The summed E-state index contributed by atoms with van der Waals surface area (Å²) in [5.74, 6) is 1.30. The third-order valence-corrected chi connectivity index (χ3v) is 5.05. The first-order valence-electron chi connectivity index (χ1n) is 9.21. The fourth-order valence-corrected chi connectivity index (χ4v) is 3.17. The molecule has 8 nitrogen and oxygen atoms in total. The van der Waals surface area contributed by atoms with E-state index in [1.54, 1.807) is 23.2 Å². The van der Waals surface area contributed by atoms with Gasteiger partial charge in [0.2, 0.25) is 11.8 Å². The quantitative estimate of drug-likeness (QED) is 0.662. The van der Waals surface area contributed by atoms with Crippen molar-refractivity contribution in [2.24, 2.45) is 0 Å². The van der Waals surface area contributed by atoms with Gasteiger partial charge in [-0.2, -0.15) is 10.1 Å². The number of benzene rings is 1. The van der Waals surface area contributed by atoms with Crippen molar-refractivity contribution >= 4 is 16.7 Å². The second-order valence-electron chi connectivity index (χ2n) is 6.78. The fraction of sp³-hybridized carbons (Fsp3) is 0.421. The zero-order chi connectivity index (χ0) is 18.8. The van der Waals surface area contributed by atoms with Crippen LogP contribution >= 0.6 is 0 Å². The molecule has 0 saturated heterocycles. The number of carbonyl (C=O) groups excluding carboxylic acids is 1. The molecule has 0 unspecified atom stereocenters. The molecule has 8 heteroatoms. The Kier molecular flexibility index (Phi) is 4.70. The summed E-state index contributed by atoms with van der Waals surface area (Å²) < 4.78 is 6.51. The van der Waals surface area contributed by atoms with Gasteiger partial charge in [0, 0.05) is 17.8 Å². The molecule has 0 N–H and O–H groups in total. The van der Waals surface area contributed by atoms with Crippen molar-refractivity contribution in [1.29, 1.82) is 0 Å². The molecule has 0 spiro atoms. The SMILES string of the molecule is CCN(Cc1noc(C2CCC2)n1)C(=O)Cn1ncc2ccccc2c1=O. The van der Waals surface area contributed by atoms with Gasteiger partial charge in [-0.25, -0.2) is 4.68 Å². The summed E-state index contributed by atoms with van der Waals surface area (Å²) in [5.41, 5.74) is -0.274. The van der Waals surface area contributed by atoms with E-state index in [1.165, 1.54) is 11.1 Å². The topological polar surface area (TPSA) is 94.1 Å². The van der Waals surface area contributed by atoms with Crippen LogP contribution in [0.1, 0.15) is 43.8 Å². The van der Waals surface area contributed by atoms with Crippen molar-refractivity contribution in [3.63, 3.8) is 0 Å². The van der Waals surface area contributed by atoms with E-state index in [4.69, 9.17) is 4.52 Å². The zero-order valence-corrected chi connectivity index (χ0v) is 15.2. The number of nitrogens with zero attached hydrogens (tertiary/aromatic N) is 5. The van der Waals surface area contributed by atoms with Gasteiger partial charge in [0.25, 0.3) is 5.56 Å². The summed E-state index contributed by atoms with van der Waals surface area (Å²) in [6.07, 6.45) is 4.95. The molecule has 27 heavy (non-hydrogen) atoms. The van der Waals surface area contributed by atoms with Crippen LogP contribution in [-0.4, -0.2) is 37.3 Å². The standard InChI is InChI=1S/C19H21N5O3/c1-2-23(11-16-21-18(27-22-16)13-7-5-8-13)17(25)12-24-19(26)15-9-4-3-6-14(15)10-20-24/h3-4,6,9-10,13H,2,5,7-8,11-12H2,1H3. The number of rotatable bonds is 6. The van der Waals surface area contributed by atoms with E-state index in [9.17, 15) is 9.59 Å². The molecule has 1 amide bonds. The highest BCUT2D eigenvalue weighted by Crippen LogP contribution is 2.35. The average molecular weight is 367 g/mol. The lowest BCUT2D eigenvalue weighted by molar-refractivity contribution is -0.132. The maximum Gasteiger partial charge on any atom is 0.275 e. The Balaban J connectivity index is 1.48. The molecule has 0 bridgehead atoms. The van der Waals surface area contributed by atoms with Gasteiger partial charge in [-0.15, -0.1) is 0 Å². The number of aromatic nitrogens is 4. The van der Waals surface area contributed by atoms with Crippen LogP contribution < -0.4 is 5.56 Å². The number of likely N-dealkylation sites (N-methyl/N-ethyl adjacent to an activating group) is 1. The predicted molar refractivity (Wildman–Crippen MR) is 98.0 cm³/mol. The minimum atomic E-state index is -0.274. The average Bonchev–Trinajstić information content (AvgIpc) is 3.08. The highest BCUT2D eigenvalue weighted by molar-refractivity contribution is 5.81. The van der Waals surface area contributed by atoms with E-state index in [1.807, 2.05) is 19.1 Å². The Labute approximate surface area is 155 Å². The minimum Gasteiger partial charge on any atom is -0.339 e. The molecule has 1 aliphatic carbocycles. The lowest BCUT2D eigenvalue weighted by Gasteiger charge is -2.21. The fourth-order valence-electron chi connectivity index (χ4n) is 3.17. The second-order valence-corrected chi connectivity index (χ2v) is 6.78. The number of hydrogen-bond acceptors (Lipinski definition) is 6. The summed E-state index contributed by atoms with van der Waals surface area (Å²) in [5, 5.41) is 9.42. The number of amides is 1. The monoisotopic (exact) mass is 367 g/mol. The van der Waals surface area contributed by atoms with E-state index in [2.05, 4.69) is 15.2 Å². The molecule has 4 rings (SSSR count). The Morgan fingerprint density at radius 3 is 2.89 bits per heavy atom. The van der Waals surface area contributed by atoms with Crippen molar-refractivity contribution in [3.8, 4) is 0 Å². The van der Waals surface area contributed by atoms with Crippen LogP contribution in [-0.2, 0) is 17.9 Å². The molecule has 2 heterocycles. The Morgan fingerprint density at radius 2 is 2.15 bits per heavy atom. The highest BCUT2D eigenvalue weighted by Gasteiger charge is 2.26. The van der Waals surface area contributed by atoms with Gasteiger partial charge in [0.05, 0.1) is 18.1 Å². The van der Waals surface area contributed by atoms with Crippen LogP contribution in [0.15, 0.2) is 39.8 Å². The van der Waals surface area contributed by atoms with E-state index < -0.39 is 0 Å². The lowest BCUT2D eigenvalue weighted by Crippen LogP contribution is -2.37. The predicted octanol–water partition coefficient (Wildman–Crippen LogP) is 2.10. The third kappa shape index (κ3) is 3.47. The van der Waals surface area contributed by atoms with Crippen molar-refractivity contribution in [2.45, 2.75) is 45.2 Å². The van der Waals surface area contributed by atoms with Crippen molar-refractivity contribution in [3.05, 3.63) is 52.5 Å². The highest BCUT2D eigenvalue weighted by atomic mass is 16.5. The van der Waals surface area contributed by atoms with Crippen LogP contribution in [0.3, 0.4) is 0 Å². The van der Waals surface area contributed by atoms with Crippen molar-refractivity contribution < 1.29 is 9.32 Å². The molecular weight excluding hydrogens is 346 g/mol. The van der Waals surface area contributed by atoms with Crippen LogP contribution in [0.4, 0.5) is 0 Å². The number of fused-ring (bicyclic) bond motifs is 1. The Bertz CT molecular complexity index is 1020. The van der Waals surface area contributed by atoms with E-state index in [0.29, 0.717) is 29.6 Å². The molecular formula is C19H21N5O3. The van der Waals surface area contributed by atoms with Crippen molar-refractivity contribution in [1.82, 2.24) is 24.8 Å². The molecule has 1 fully saturated rings. The summed E-state index contributed by atoms with van der Waals surface area (Å²) in [6, 6.07) is 7.20. The maximum absolute atomic E-state index is 12.7. The minimum absolute atomic E-state index is 0.120. The first-order chi connectivity index (χ1) is 13.2. The first kappa shape index (κ1) is 17.4. The van der Waals surface area contributed by atoms with Gasteiger partial charge in [-0.3, -0.25) is 9.59 Å². The van der Waals surface area contributed by atoms with Gasteiger partial charge in [-0.05, 0) is 25.8 Å². The molecule has 0 aliphatic heterocycles. The van der Waals surface area contributed by atoms with Gasteiger partial charge < -0.3 is 9.42 Å². The number of hydrogen-bond donors (Lipinski definition) is 0. The summed E-state index contributed by atoms with van der Waals surface area (Å²) in [6.45, 7) is 2.49. The van der Waals surface area contributed by atoms with E-state index in [0.717, 1.165) is 18.2 Å². The largest absolute Gasteiger partial charge is 0.339 e. The van der Waals surface area contributed by atoms with Crippen LogP contribution in [0.5, 0.6) is 0 Å². The van der Waals surface area contributed by atoms with Gasteiger partial charge in [0.15, 0.2) is 5.82 Å². The summed E-state index contributed by atoms with van der Waals surface area (Å²) in [4.78, 5) is 31.2. The van der Waals surface area contributed by atoms with Gasteiger partial charge in [-0.1, -0.05) is 29.8 Å². The van der Waals surface area contributed by atoms with E-state index in [-0.39, 0.29) is 24.6 Å². The van der Waals surface area contributed by atoms with Gasteiger partial charge >= 0.3 is 0 Å². The molecule has 1 aliphatic rings.